The summed E-state index contributed by atoms with van der Waals surface area (Å²) in [7, 11) is 1.66. The van der Waals surface area contributed by atoms with Gasteiger partial charge in [-0.2, -0.15) is 0 Å². The minimum Gasteiger partial charge on any atom is -0.497 e. The lowest BCUT2D eigenvalue weighted by Gasteiger charge is -2.15. The van der Waals surface area contributed by atoms with Gasteiger partial charge in [-0.15, -0.1) is 0 Å². The number of methoxy groups -OCH3 is 1. The number of ether oxygens (including phenoxy) is 1. The molecule has 2 aromatic heterocycles. The van der Waals surface area contributed by atoms with Crippen molar-refractivity contribution in [1.82, 2.24) is 29.9 Å². The topological polar surface area (TPSA) is 107 Å². The van der Waals surface area contributed by atoms with E-state index in [0.717, 1.165) is 77.7 Å². The van der Waals surface area contributed by atoms with E-state index in [2.05, 4.69) is 78.9 Å². The van der Waals surface area contributed by atoms with E-state index >= 15 is 0 Å². The zero-order valence-electron chi connectivity index (χ0n) is 33.7. The van der Waals surface area contributed by atoms with Gasteiger partial charge in [0.15, 0.2) is 34.9 Å². The number of fused-ring (bicyclic) bond motifs is 1. The number of hydrogen-bond donors (Lipinski definition) is 1. The van der Waals surface area contributed by atoms with Gasteiger partial charge in [0.25, 0.3) is 0 Å². The molecule has 0 fully saturated rings. The Balaban J connectivity index is 1.07. The van der Waals surface area contributed by atoms with E-state index in [4.69, 9.17) is 34.6 Å². The predicted molar refractivity (Wildman–Crippen MR) is 247 cm³/mol. The molecule has 0 radical (unpaired) electrons. The normalized spacial score (nSPS) is 11.1. The van der Waals surface area contributed by atoms with Crippen LogP contribution in [0.1, 0.15) is 5.56 Å². The lowest BCUT2D eigenvalue weighted by atomic mass is 9.90. The maximum absolute atomic E-state index is 9.66. The molecule has 10 rings (SSSR count). The van der Waals surface area contributed by atoms with Gasteiger partial charge in [-0.25, -0.2) is 29.9 Å². The summed E-state index contributed by atoms with van der Waals surface area (Å²) in [6.45, 7) is -0.0347. The number of hydrogen-bond acceptors (Lipinski definition) is 8. The van der Waals surface area contributed by atoms with Crippen LogP contribution in [0.15, 0.2) is 194 Å². The Kier molecular flexibility index (Phi) is 10.3. The summed E-state index contributed by atoms with van der Waals surface area (Å²) in [6, 6.07) is 65.0. The van der Waals surface area contributed by atoms with Crippen molar-refractivity contribution < 1.29 is 9.84 Å². The number of rotatable bonds is 10. The fourth-order valence-corrected chi connectivity index (χ4v) is 7.67. The lowest BCUT2D eigenvalue weighted by molar-refractivity contribution is 0.282. The average Bonchev–Trinajstić information content (AvgIpc) is 3.36. The number of aromatic nitrogens is 6. The highest BCUT2D eigenvalue weighted by Gasteiger charge is 2.17. The van der Waals surface area contributed by atoms with Crippen LogP contribution < -0.4 is 4.74 Å². The van der Waals surface area contributed by atoms with Gasteiger partial charge in [-0.1, -0.05) is 158 Å². The Hall–Kier alpha value is -8.20. The SMILES string of the molecule is COc1ccc(-c2nc(-c3ccccc3)nc(-c3cccc(-c4cccc5cccc(-c6cccc(-c7nc(-c8ccccc8)nc(-c8ccc(CO)cc8)n7)c6)c45)c3)n2)cc1. The van der Waals surface area contributed by atoms with Gasteiger partial charge < -0.3 is 9.84 Å². The quantitative estimate of drug-likeness (QED) is 0.146. The van der Waals surface area contributed by atoms with Crippen LogP contribution in [0.2, 0.25) is 0 Å². The molecule has 8 heteroatoms. The van der Waals surface area contributed by atoms with Crippen molar-refractivity contribution in [3.63, 3.8) is 0 Å². The third kappa shape index (κ3) is 7.70. The van der Waals surface area contributed by atoms with Gasteiger partial charge >= 0.3 is 0 Å². The molecule has 8 aromatic carbocycles. The Morgan fingerprint density at radius 1 is 0.355 bits per heavy atom. The minimum absolute atomic E-state index is 0.0347. The molecular weight excluding hydrogens is 765 g/mol. The molecule has 0 unspecified atom stereocenters. The summed E-state index contributed by atoms with van der Waals surface area (Å²) in [5.74, 6) is 4.22. The maximum Gasteiger partial charge on any atom is 0.164 e. The lowest BCUT2D eigenvalue weighted by Crippen LogP contribution is -2.00. The molecule has 8 nitrogen and oxygen atoms in total. The molecule has 0 saturated heterocycles. The zero-order chi connectivity index (χ0) is 41.8. The molecular formula is C54H38N6O2. The van der Waals surface area contributed by atoms with Crippen LogP contribution in [-0.4, -0.2) is 42.1 Å². The van der Waals surface area contributed by atoms with E-state index in [9.17, 15) is 5.11 Å². The fourth-order valence-electron chi connectivity index (χ4n) is 7.67. The van der Waals surface area contributed by atoms with Crippen LogP contribution in [0.4, 0.5) is 0 Å². The molecule has 0 atom stereocenters. The van der Waals surface area contributed by atoms with Crippen molar-refractivity contribution >= 4 is 10.8 Å². The van der Waals surface area contributed by atoms with Gasteiger partial charge in [0, 0.05) is 33.4 Å². The molecule has 296 valence electrons. The maximum atomic E-state index is 9.66. The first-order chi connectivity index (χ1) is 30.6. The van der Waals surface area contributed by atoms with Crippen LogP contribution in [0.25, 0.3) is 101 Å². The van der Waals surface area contributed by atoms with Crippen molar-refractivity contribution in [2.45, 2.75) is 6.61 Å². The van der Waals surface area contributed by atoms with E-state index in [1.165, 1.54) is 0 Å². The minimum atomic E-state index is -0.0347. The van der Waals surface area contributed by atoms with Gasteiger partial charge in [0.2, 0.25) is 0 Å². The molecule has 0 aliphatic heterocycles. The van der Waals surface area contributed by atoms with Crippen molar-refractivity contribution in [1.29, 1.82) is 0 Å². The summed E-state index contributed by atoms with van der Waals surface area (Å²) in [4.78, 5) is 29.9. The molecule has 0 saturated carbocycles. The highest BCUT2D eigenvalue weighted by atomic mass is 16.5. The summed E-state index contributed by atoms with van der Waals surface area (Å²) in [5, 5.41) is 11.9. The third-order valence-corrected chi connectivity index (χ3v) is 10.8. The van der Waals surface area contributed by atoms with Crippen LogP contribution in [0.3, 0.4) is 0 Å². The van der Waals surface area contributed by atoms with Gasteiger partial charge in [-0.3, -0.25) is 0 Å². The average molecular weight is 803 g/mol. The van der Waals surface area contributed by atoms with Crippen LogP contribution in [-0.2, 0) is 6.61 Å². The van der Waals surface area contributed by atoms with Gasteiger partial charge in [-0.05, 0) is 75.0 Å². The summed E-state index contributed by atoms with van der Waals surface area (Å²) >= 11 is 0. The Bertz CT molecular complexity index is 2980. The number of nitrogens with zero attached hydrogens (tertiary/aromatic N) is 6. The molecule has 0 aliphatic carbocycles. The van der Waals surface area contributed by atoms with Crippen molar-refractivity contribution in [2.24, 2.45) is 0 Å². The van der Waals surface area contributed by atoms with Crippen LogP contribution in [0, 0.1) is 0 Å². The van der Waals surface area contributed by atoms with E-state index in [0.29, 0.717) is 34.9 Å². The smallest absolute Gasteiger partial charge is 0.164 e. The molecule has 2 heterocycles. The molecule has 0 bridgehead atoms. The van der Waals surface area contributed by atoms with Gasteiger partial charge in [0.05, 0.1) is 13.7 Å². The van der Waals surface area contributed by atoms with E-state index in [1.807, 2.05) is 115 Å². The Morgan fingerprint density at radius 3 is 1.13 bits per heavy atom. The first kappa shape index (κ1) is 38.0. The van der Waals surface area contributed by atoms with Crippen LogP contribution in [0.5, 0.6) is 5.75 Å². The molecule has 1 N–H and O–H groups in total. The second kappa shape index (κ2) is 16.8. The molecule has 62 heavy (non-hydrogen) atoms. The number of aliphatic hydroxyl groups is 1. The highest BCUT2D eigenvalue weighted by molar-refractivity contribution is 6.07. The van der Waals surface area contributed by atoms with E-state index < -0.39 is 0 Å². The monoisotopic (exact) mass is 802 g/mol. The molecule has 0 amide bonds. The standard InChI is InChI=1S/C54H38N6O2/c1-62-45-30-28-40(29-31-45)52-56-50(38-14-6-3-7-15-38)58-54(60-52)44-21-9-19-42(33-44)47-23-11-17-36-16-10-22-46(48(36)47)41-18-8-20-43(32-41)53-57-49(37-12-4-2-5-13-37)55-51(59-53)39-26-24-35(34-61)25-27-39/h2-33,61H,34H2,1H3. The summed E-state index contributed by atoms with van der Waals surface area (Å²) < 4.78 is 5.42. The van der Waals surface area contributed by atoms with Crippen molar-refractivity contribution in [3.05, 3.63) is 200 Å². The van der Waals surface area contributed by atoms with E-state index in [-0.39, 0.29) is 6.61 Å². The summed E-state index contributed by atoms with van der Waals surface area (Å²) in [5.41, 5.74) is 10.3. The fraction of sp³-hybridized carbons (Fsp3) is 0.0370. The predicted octanol–water partition coefficient (Wildman–Crippen LogP) is 12.0. The van der Waals surface area contributed by atoms with Crippen LogP contribution >= 0.6 is 0 Å². The zero-order valence-corrected chi connectivity index (χ0v) is 33.7. The summed E-state index contributed by atoms with van der Waals surface area (Å²) in [6.07, 6.45) is 0. The molecule has 0 aliphatic rings. The van der Waals surface area contributed by atoms with Crippen molar-refractivity contribution in [2.75, 3.05) is 7.11 Å². The number of benzene rings is 8. The second-order valence-electron chi connectivity index (χ2n) is 14.8. The Morgan fingerprint density at radius 2 is 0.710 bits per heavy atom. The first-order valence-corrected chi connectivity index (χ1v) is 20.3. The number of aliphatic hydroxyl groups excluding tert-OH is 1. The molecule has 0 spiro atoms. The third-order valence-electron chi connectivity index (χ3n) is 10.8. The highest BCUT2D eigenvalue weighted by Crippen LogP contribution is 2.39. The Labute approximate surface area is 359 Å². The second-order valence-corrected chi connectivity index (χ2v) is 14.8. The molecule has 10 aromatic rings. The largest absolute Gasteiger partial charge is 0.497 e. The first-order valence-electron chi connectivity index (χ1n) is 20.3. The van der Waals surface area contributed by atoms with Gasteiger partial charge in [0.1, 0.15) is 5.75 Å². The van der Waals surface area contributed by atoms with E-state index in [1.54, 1.807) is 7.11 Å². The van der Waals surface area contributed by atoms with Crippen molar-refractivity contribution in [3.8, 4) is 96.3 Å².